The van der Waals surface area contributed by atoms with Gasteiger partial charge in [-0.15, -0.1) is 12.4 Å². The van der Waals surface area contributed by atoms with Gasteiger partial charge < -0.3 is 14.9 Å². The highest BCUT2D eigenvalue weighted by atomic mass is 35.5. The summed E-state index contributed by atoms with van der Waals surface area (Å²) < 4.78 is 0. The minimum absolute atomic E-state index is 0. The second-order valence-electron chi connectivity index (χ2n) is 7.64. The number of anilines is 1. The molecule has 1 atom stereocenters. The molecule has 166 valence electrons. The molecule has 0 radical (unpaired) electrons. The molecule has 1 unspecified atom stereocenters. The van der Waals surface area contributed by atoms with Gasteiger partial charge in [0.25, 0.3) is 0 Å². The lowest BCUT2D eigenvalue weighted by Crippen LogP contribution is -2.61. The average molecular weight is 446 g/mol. The van der Waals surface area contributed by atoms with Gasteiger partial charge in [-0.25, -0.2) is 14.8 Å². The topological polar surface area (TPSA) is 89.9 Å². The number of aromatic carboxylic acids is 1. The van der Waals surface area contributed by atoms with Crippen molar-refractivity contribution in [2.75, 3.05) is 45.2 Å². The summed E-state index contributed by atoms with van der Waals surface area (Å²) in [4.78, 5) is 38.2. The first kappa shape index (κ1) is 24.3. The lowest BCUT2D eigenvalue weighted by Gasteiger charge is -2.44. The van der Waals surface area contributed by atoms with Crippen LogP contribution in [0, 0.1) is 0 Å². The Kier molecular flexibility index (Phi) is 8.13. The molecule has 0 bridgehead atoms. The quantitative estimate of drug-likeness (QED) is 0.729. The summed E-state index contributed by atoms with van der Waals surface area (Å²) in [7, 11) is 3.54. The lowest BCUT2D eigenvalue weighted by atomic mass is 9.95. The van der Waals surface area contributed by atoms with Gasteiger partial charge in [0.15, 0.2) is 0 Å². The predicted octanol–water partition coefficient (Wildman–Crippen LogP) is 2.28. The molecule has 1 aromatic heterocycles. The van der Waals surface area contributed by atoms with Gasteiger partial charge in [0, 0.05) is 52.7 Å². The zero-order valence-electron chi connectivity index (χ0n) is 17.9. The standard InChI is InChI=1S/C22H27N5O3.ClH/c1-22(20(30)25(2)3,10-9-17-7-5-4-6-8-17)27-13-11-26(12-14-27)21-23-15-18(16-24-21)19(28)29;/h4-10,15-16H,11-14H2,1-3H3,(H,28,29);1H/b10-9+;. The van der Waals surface area contributed by atoms with Crippen molar-refractivity contribution < 1.29 is 14.7 Å². The van der Waals surface area contributed by atoms with Crippen LogP contribution < -0.4 is 4.90 Å². The molecule has 31 heavy (non-hydrogen) atoms. The van der Waals surface area contributed by atoms with Crippen molar-refractivity contribution in [3.63, 3.8) is 0 Å². The van der Waals surface area contributed by atoms with Crippen LogP contribution in [0.1, 0.15) is 22.8 Å². The molecule has 8 nitrogen and oxygen atoms in total. The Morgan fingerprint density at radius 3 is 2.16 bits per heavy atom. The Bertz CT molecular complexity index is 913. The smallest absolute Gasteiger partial charge is 0.338 e. The van der Waals surface area contributed by atoms with Gasteiger partial charge in [-0.2, -0.15) is 0 Å². The zero-order chi connectivity index (χ0) is 21.7. The molecular formula is C22H28ClN5O3. The molecule has 1 saturated heterocycles. The number of amides is 1. The predicted molar refractivity (Wildman–Crippen MR) is 123 cm³/mol. The fourth-order valence-corrected chi connectivity index (χ4v) is 3.55. The molecule has 0 saturated carbocycles. The van der Waals surface area contributed by atoms with Crippen LogP contribution in [-0.4, -0.2) is 82.6 Å². The Hall–Kier alpha value is -2.97. The van der Waals surface area contributed by atoms with E-state index >= 15 is 0 Å². The minimum atomic E-state index is -1.05. The average Bonchev–Trinajstić information content (AvgIpc) is 2.77. The largest absolute Gasteiger partial charge is 0.478 e. The first-order valence-corrected chi connectivity index (χ1v) is 9.82. The maximum absolute atomic E-state index is 13.1. The molecule has 9 heteroatoms. The molecule has 0 aliphatic carbocycles. The molecule has 1 N–H and O–H groups in total. The highest BCUT2D eigenvalue weighted by Crippen LogP contribution is 2.24. The zero-order valence-corrected chi connectivity index (χ0v) is 18.7. The van der Waals surface area contributed by atoms with Crippen LogP contribution in [0.25, 0.3) is 6.08 Å². The summed E-state index contributed by atoms with van der Waals surface area (Å²) >= 11 is 0. The number of carboxylic acids is 1. The van der Waals surface area contributed by atoms with E-state index < -0.39 is 11.5 Å². The number of aromatic nitrogens is 2. The number of carbonyl (C=O) groups excluding carboxylic acids is 1. The number of nitrogens with zero attached hydrogens (tertiary/aromatic N) is 5. The fraction of sp³-hybridized carbons (Fsp3) is 0.364. The molecule has 3 rings (SSSR count). The molecule has 1 amide bonds. The molecule has 0 spiro atoms. The van der Waals surface area contributed by atoms with E-state index in [0.29, 0.717) is 32.1 Å². The maximum atomic E-state index is 13.1. The summed E-state index contributed by atoms with van der Waals surface area (Å²) in [5.74, 6) is -0.528. The molecule has 2 heterocycles. The summed E-state index contributed by atoms with van der Waals surface area (Å²) in [6.07, 6.45) is 6.60. The van der Waals surface area contributed by atoms with E-state index in [1.54, 1.807) is 19.0 Å². The molecule has 2 aromatic rings. The fourth-order valence-electron chi connectivity index (χ4n) is 3.55. The van der Waals surface area contributed by atoms with Crippen LogP contribution in [0.15, 0.2) is 48.8 Å². The second-order valence-corrected chi connectivity index (χ2v) is 7.64. The molecule has 1 aromatic carbocycles. The van der Waals surface area contributed by atoms with Crippen LogP contribution in [0.5, 0.6) is 0 Å². The van der Waals surface area contributed by atoms with Crippen molar-refractivity contribution in [3.05, 3.63) is 59.9 Å². The van der Waals surface area contributed by atoms with Gasteiger partial charge >= 0.3 is 5.97 Å². The monoisotopic (exact) mass is 445 g/mol. The van der Waals surface area contributed by atoms with Crippen molar-refractivity contribution in [1.82, 2.24) is 19.8 Å². The van der Waals surface area contributed by atoms with Crippen molar-refractivity contribution in [2.45, 2.75) is 12.5 Å². The second kappa shape index (κ2) is 10.4. The Morgan fingerprint density at radius 1 is 1.06 bits per heavy atom. The van der Waals surface area contributed by atoms with Crippen molar-refractivity contribution in [3.8, 4) is 0 Å². The number of halogens is 1. The van der Waals surface area contributed by atoms with E-state index in [4.69, 9.17) is 5.11 Å². The van der Waals surface area contributed by atoms with Gasteiger partial charge in [0.05, 0.1) is 5.56 Å². The third kappa shape index (κ3) is 5.59. The Morgan fingerprint density at radius 2 is 1.65 bits per heavy atom. The van der Waals surface area contributed by atoms with Crippen LogP contribution in [-0.2, 0) is 4.79 Å². The van der Waals surface area contributed by atoms with Crippen molar-refractivity contribution >= 4 is 36.3 Å². The van der Waals surface area contributed by atoms with Gasteiger partial charge in [-0.3, -0.25) is 9.69 Å². The van der Waals surface area contributed by atoms with Gasteiger partial charge in [-0.1, -0.05) is 42.5 Å². The number of rotatable bonds is 6. The summed E-state index contributed by atoms with van der Waals surface area (Å²) in [6.45, 7) is 4.53. The van der Waals surface area contributed by atoms with E-state index in [-0.39, 0.29) is 23.9 Å². The van der Waals surface area contributed by atoms with Crippen molar-refractivity contribution in [1.29, 1.82) is 0 Å². The number of hydrogen-bond acceptors (Lipinski definition) is 6. The number of likely N-dealkylation sites (N-methyl/N-ethyl adjacent to an activating group) is 1. The minimum Gasteiger partial charge on any atom is -0.478 e. The van der Waals surface area contributed by atoms with Crippen LogP contribution in [0.4, 0.5) is 5.95 Å². The molecule has 1 aliphatic rings. The van der Waals surface area contributed by atoms with Crippen molar-refractivity contribution in [2.24, 2.45) is 0 Å². The summed E-state index contributed by atoms with van der Waals surface area (Å²) in [6, 6.07) is 9.92. The van der Waals surface area contributed by atoms with E-state index in [0.717, 1.165) is 5.56 Å². The highest BCUT2D eigenvalue weighted by molar-refractivity contribution is 5.89. The van der Waals surface area contributed by atoms with Gasteiger partial charge in [-0.05, 0) is 12.5 Å². The number of carbonyl (C=O) groups is 2. The first-order valence-electron chi connectivity index (χ1n) is 9.82. The molecular weight excluding hydrogens is 418 g/mol. The van der Waals surface area contributed by atoms with Crippen LogP contribution >= 0.6 is 12.4 Å². The van der Waals surface area contributed by atoms with Gasteiger partial charge in [0.1, 0.15) is 5.54 Å². The third-order valence-corrected chi connectivity index (χ3v) is 5.34. The van der Waals surface area contributed by atoms with Crippen LogP contribution in [0.2, 0.25) is 0 Å². The van der Waals surface area contributed by atoms with Crippen LogP contribution in [0.3, 0.4) is 0 Å². The summed E-state index contributed by atoms with van der Waals surface area (Å²) in [5, 5.41) is 9.00. The highest BCUT2D eigenvalue weighted by Gasteiger charge is 2.39. The Balaban J connectivity index is 0.00000341. The Labute approximate surface area is 188 Å². The number of piperazine rings is 1. The first-order chi connectivity index (χ1) is 14.3. The number of hydrogen-bond donors (Lipinski definition) is 1. The lowest BCUT2D eigenvalue weighted by molar-refractivity contribution is -0.138. The van der Waals surface area contributed by atoms with E-state index in [1.807, 2.05) is 54.3 Å². The van der Waals surface area contributed by atoms with E-state index in [9.17, 15) is 9.59 Å². The third-order valence-electron chi connectivity index (χ3n) is 5.34. The summed E-state index contributed by atoms with van der Waals surface area (Å²) in [5.41, 5.74) is 0.327. The maximum Gasteiger partial charge on any atom is 0.338 e. The molecule has 1 fully saturated rings. The molecule has 1 aliphatic heterocycles. The normalized spacial score (nSPS) is 16.4. The number of benzene rings is 1. The van der Waals surface area contributed by atoms with Gasteiger partial charge in [0.2, 0.25) is 11.9 Å². The SMILES string of the molecule is CN(C)C(=O)C(C)(/C=C/c1ccccc1)N1CCN(c2ncc(C(=O)O)cn2)CC1.Cl. The van der Waals surface area contributed by atoms with E-state index in [1.165, 1.54) is 12.4 Å². The number of carboxylic acid groups (broad SMARTS) is 1. The van der Waals surface area contributed by atoms with E-state index in [2.05, 4.69) is 14.9 Å².